The first-order chi connectivity index (χ1) is 10.6. The monoisotopic (exact) mass is 329 g/mol. The highest BCUT2D eigenvalue weighted by molar-refractivity contribution is 5.98. The van der Waals surface area contributed by atoms with Crippen LogP contribution in [0.15, 0.2) is 12.1 Å². The number of hydrogen-bond donors (Lipinski definition) is 0. The molecule has 1 aromatic heterocycles. The van der Waals surface area contributed by atoms with Crippen molar-refractivity contribution >= 4 is 11.8 Å². The first-order valence-corrected chi connectivity index (χ1v) is 7.20. The highest BCUT2D eigenvalue weighted by Gasteiger charge is 2.37. The van der Waals surface area contributed by atoms with Crippen molar-refractivity contribution in [1.29, 1.82) is 0 Å². The van der Waals surface area contributed by atoms with Crippen LogP contribution < -0.4 is 0 Å². The van der Waals surface area contributed by atoms with Gasteiger partial charge in [0.05, 0.1) is 11.3 Å². The normalized spacial score (nSPS) is 18.2. The summed E-state index contributed by atoms with van der Waals surface area (Å²) in [6.07, 6.45) is -3.32. The first kappa shape index (κ1) is 17.2. The smallest absolute Gasteiger partial charge is 0.347 e. The molecule has 5 nitrogen and oxygen atoms in total. The molecule has 2 heterocycles. The predicted octanol–water partition coefficient (Wildman–Crippen LogP) is 2.10. The quantitative estimate of drug-likeness (QED) is 0.835. The highest BCUT2D eigenvalue weighted by atomic mass is 19.4. The molecule has 1 aliphatic rings. The van der Waals surface area contributed by atoms with Crippen molar-refractivity contribution in [3.63, 3.8) is 0 Å². The number of halogens is 3. The fourth-order valence-corrected chi connectivity index (χ4v) is 2.66. The molecule has 1 atom stereocenters. The maximum Gasteiger partial charge on any atom is 0.433 e. The number of amides is 2. The van der Waals surface area contributed by atoms with Gasteiger partial charge in [0.2, 0.25) is 5.91 Å². The lowest BCUT2D eigenvalue weighted by Crippen LogP contribution is -2.45. The van der Waals surface area contributed by atoms with Gasteiger partial charge in [-0.15, -0.1) is 0 Å². The molecule has 23 heavy (non-hydrogen) atoms. The molecular formula is C15H18F3N3O2. The van der Waals surface area contributed by atoms with Crippen molar-refractivity contribution in [1.82, 2.24) is 14.8 Å². The van der Waals surface area contributed by atoms with Crippen LogP contribution >= 0.6 is 0 Å². The van der Waals surface area contributed by atoms with Gasteiger partial charge in [-0.25, -0.2) is 4.98 Å². The second-order valence-electron chi connectivity index (χ2n) is 5.72. The molecule has 1 aromatic rings. The largest absolute Gasteiger partial charge is 0.433 e. The Kier molecular flexibility index (Phi) is 4.63. The molecule has 0 bridgehead atoms. The van der Waals surface area contributed by atoms with Crippen LogP contribution in [0.5, 0.6) is 0 Å². The molecule has 126 valence electrons. The lowest BCUT2D eigenvalue weighted by Gasteiger charge is -2.26. The Balaban J connectivity index is 2.28. The van der Waals surface area contributed by atoms with Gasteiger partial charge in [-0.05, 0) is 31.9 Å². The number of rotatable bonds is 2. The maximum absolute atomic E-state index is 12.7. The third-order valence-electron chi connectivity index (χ3n) is 3.85. The van der Waals surface area contributed by atoms with Crippen LogP contribution in [0, 0.1) is 6.92 Å². The second kappa shape index (κ2) is 6.17. The zero-order valence-electron chi connectivity index (χ0n) is 13.1. The standard InChI is InChI=1S/C15H18F3N3O2/c1-9-10(6-7-12(19-9)15(16,17)18)13(22)21-8-4-5-11(21)14(23)20(2)3/h6-7,11H,4-5,8H2,1-3H3. The van der Waals surface area contributed by atoms with E-state index in [2.05, 4.69) is 4.98 Å². The van der Waals surface area contributed by atoms with Gasteiger partial charge < -0.3 is 9.80 Å². The third kappa shape index (κ3) is 3.46. The Morgan fingerprint density at radius 3 is 2.48 bits per heavy atom. The number of carbonyl (C=O) groups excluding carboxylic acids is 2. The minimum absolute atomic E-state index is 0.00720. The van der Waals surface area contributed by atoms with E-state index in [-0.39, 0.29) is 17.2 Å². The number of likely N-dealkylation sites (N-methyl/N-ethyl adjacent to an activating group) is 1. The number of aromatic nitrogens is 1. The first-order valence-electron chi connectivity index (χ1n) is 7.20. The molecule has 2 amide bonds. The van der Waals surface area contributed by atoms with E-state index in [0.29, 0.717) is 19.4 Å². The number of alkyl halides is 3. The van der Waals surface area contributed by atoms with E-state index >= 15 is 0 Å². The maximum atomic E-state index is 12.7. The second-order valence-corrected chi connectivity index (χ2v) is 5.72. The van der Waals surface area contributed by atoms with E-state index in [1.807, 2.05) is 0 Å². The van der Waals surface area contributed by atoms with E-state index < -0.39 is 23.8 Å². The van der Waals surface area contributed by atoms with Gasteiger partial charge in [0.1, 0.15) is 11.7 Å². The van der Waals surface area contributed by atoms with Crippen LogP contribution in [0.4, 0.5) is 13.2 Å². The Morgan fingerprint density at radius 1 is 1.30 bits per heavy atom. The van der Waals surface area contributed by atoms with Crippen molar-refractivity contribution < 1.29 is 22.8 Å². The number of pyridine rings is 1. The van der Waals surface area contributed by atoms with Gasteiger partial charge in [0.25, 0.3) is 5.91 Å². The van der Waals surface area contributed by atoms with E-state index in [1.54, 1.807) is 14.1 Å². The highest BCUT2D eigenvalue weighted by Crippen LogP contribution is 2.29. The van der Waals surface area contributed by atoms with Crippen LogP contribution in [0.25, 0.3) is 0 Å². The van der Waals surface area contributed by atoms with Crippen LogP contribution in [0.2, 0.25) is 0 Å². The fraction of sp³-hybridized carbons (Fsp3) is 0.533. The topological polar surface area (TPSA) is 53.5 Å². The molecule has 1 saturated heterocycles. The van der Waals surface area contributed by atoms with Crippen LogP contribution in [-0.4, -0.2) is 53.3 Å². The van der Waals surface area contributed by atoms with Gasteiger partial charge in [-0.3, -0.25) is 9.59 Å². The van der Waals surface area contributed by atoms with Gasteiger partial charge in [-0.2, -0.15) is 13.2 Å². The average Bonchev–Trinajstić information content (AvgIpc) is 2.93. The molecule has 1 fully saturated rings. The van der Waals surface area contributed by atoms with E-state index in [9.17, 15) is 22.8 Å². The van der Waals surface area contributed by atoms with Crippen molar-refractivity contribution in [2.75, 3.05) is 20.6 Å². The van der Waals surface area contributed by atoms with Gasteiger partial charge >= 0.3 is 6.18 Å². The third-order valence-corrected chi connectivity index (χ3v) is 3.85. The van der Waals surface area contributed by atoms with E-state index in [4.69, 9.17) is 0 Å². The summed E-state index contributed by atoms with van der Waals surface area (Å²) < 4.78 is 38.0. The molecule has 2 rings (SSSR count). The Hall–Kier alpha value is -2.12. The molecule has 0 aliphatic carbocycles. The van der Waals surface area contributed by atoms with Crippen LogP contribution in [-0.2, 0) is 11.0 Å². The number of aryl methyl sites for hydroxylation is 1. The number of likely N-dealkylation sites (tertiary alicyclic amines) is 1. The lowest BCUT2D eigenvalue weighted by molar-refractivity contribution is -0.141. The SMILES string of the molecule is Cc1nc(C(F)(F)F)ccc1C(=O)N1CCCC1C(=O)N(C)C. The minimum atomic E-state index is -4.55. The van der Waals surface area contributed by atoms with Crippen LogP contribution in [0.3, 0.4) is 0 Å². The summed E-state index contributed by atoms with van der Waals surface area (Å²) in [6.45, 7) is 1.77. The fourth-order valence-electron chi connectivity index (χ4n) is 2.66. The van der Waals surface area contributed by atoms with Crippen molar-refractivity contribution in [2.45, 2.75) is 32.0 Å². The van der Waals surface area contributed by atoms with Crippen LogP contribution in [0.1, 0.15) is 34.6 Å². The van der Waals surface area contributed by atoms with E-state index in [1.165, 1.54) is 16.7 Å². The summed E-state index contributed by atoms with van der Waals surface area (Å²) in [5, 5.41) is 0. The molecule has 0 aromatic carbocycles. The summed E-state index contributed by atoms with van der Waals surface area (Å²) in [5.41, 5.74) is -0.932. The minimum Gasteiger partial charge on any atom is -0.347 e. The Labute approximate surface area is 132 Å². The molecule has 1 unspecified atom stereocenters. The van der Waals surface area contributed by atoms with Gasteiger partial charge in [0, 0.05) is 20.6 Å². The van der Waals surface area contributed by atoms with Crippen molar-refractivity contribution in [3.8, 4) is 0 Å². The summed E-state index contributed by atoms with van der Waals surface area (Å²) in [4.78, 5) is 31.0. The average molecular weight is 329 g/mol. The Morgan fingerprint density at radius 2 is 1.96 bits per heavy atom. The molecule has 1 aliphatic heterocycles. The summed E-state index contributed by atoms with van der Waals surface area (Å²) in [6, 6.07) is 1.35. The molecular weight excluding hydrogens is 311 g/mol. The van der Waals surface area contributed by atoms with Crippen molar-refractivity contribution in [3.05, 3.63) is 29.1 Å². The molecule has 0 spiro atoms. The molecule has 0 N–H and O–H groups in total. The number of carbonyl (C=O) groups is 2. The van der Waals surface area contributed by atoms with Crippen molar-refractivity contribution in [2.24, 2.45) is 0 Å². The van der Waals surface area contributed by atoms with Gasteiger partial charge in [-0.1, -0.05) is 0 Å². The molecule has 0 radical (unpaired) electrons. The summed E-state index contributed by atoms with van der Waals surface area (Å²) in [5.74, 6) is -0.644. The Bertz CT molecular complexity index is 629. The number of hydrogen-bond acceptors (Lipinski definition) is 3. The van der Waals surface area contributed by atoms with Gasteiger partial charge in [0.15, 0.2) is 0 Å². The summed E-state index contributed by atoms with van der Waals surface area (Å²) >= 11 is 0. The lowest BCUT2D eigenvalue weighted by atomic mass is 10.1. The zero-order chi connectivity index (χ0) is 17.4. The zero-order valence-corrected chi connectivity index (χ0v) is 13.1. The predicted molar refractivity (Wildman–Crippen MR) is 76.7 cm³/mol. The summed E-state index contributed by atoms with van der Waals surface area (Å²) in [7, 11) is 3.21. The van der Waals surface area contributed by atoms with E-state index in [0.717, 1.165) is 12.1 Å². The number of nitrogens with zero attached hydrogens (tertiary/aromatic N) is 3. The molecule has 0 saturated carbocycles. The molecule has 8 heteroatoms.